The molecule has 4 nitrogen and oxygen atoms in total. The SMILES string of the molecule is Cc1nc(N)cc(NC2CCCC(C)CC2)n1. The smallest absolute Gasteiger partial charge is 0.132 e. The van der Waals surface area contributed by atoms with Crippen LogP contribution < -0.4 is 11.1 Å². The van der Waals surface area contributed by atoms with Crippen molar-refractivity contribution in [2.45, 2.75) is 52.0 Å². The van der Waals surface area contributed by atoms with Gasteiger partial charge in [0.05, 0.1) is 0 Å². The van der Waals surface area contributed by atoms with Gasteiger partial charge in [0.2, 0.25) is 0 Å². The minimum absolute atomic E-state index is 0.536. The standard InChI is InChI=1S/C13H22N4/c1-9-4-3-5-11(7-6-9)17-13-8-12(14)15-10(2)16-13/h8-9,11H,3-7H2,1-2H3,(H3,14,15,16,17). The van der Waals surface area contributed by atoms with Crippen LogP contribution in [0, 0.1) is 12.8 Å². The fraction of sp³-hybridized carbons (Fsp3) is 0.692. The maximum absolute atomic E-state index is 5.73. The zero-order valence-electron chi connectivity index (χ0n) is 10.7. The summed E-state index contributed by atoms with van der Waals surface area (Å²) >= 11 is 0. The number of nitrogens with zero attached hydrogens (tertiary/aromatic N) is 2. The Balaban J connectivity index is 1.99. The van der Waals surface area contributed by atoms with Gasteiger partial charge in [-0.1, -0.05) is 19.8 Å². The maximum Gasteiger partial charge on any atom is 0.132 e. The van der Waals surface area contributed by atoms with E-state index >= 15 is 0 Å². The lowest BCUT2D eigenvalue weighted by atomic mass is 10.0. The zero-order chi connectivity index (χ0) is 12.3. The Labute approximate surface area is 103 Å². The fourth-order valence-electron chi connectivity index (χ4n) is 2.51. The van der Waals surface area contributed by atoms with Gasteiger partial charge in [-0.25, -0.2) is 9.97 Å². The molecule has 1 saturated carbocycles. The molecule has 1 aliphatic rings. The number of hydrogen-bond acceptors (Lipinski definition) is 4. The topological polar surface area (TPSA) is 63.8 Å². The second-order valence-corrected chi connectivity index (χ2v) is 5.18. The Hall–Kier alpha value is -1.32. The highest BCUT2D eigenvalue weighted by atomic mass is 15.1. The predicted molar refractivity (Wildman–Crippen MR) is 70.8 cm³/mol. The summed E-state index contributed by atoms with van der Waals surface area (Å²) in [5.74, 6) is 3.00. The second-order valence-electron chi connectivity index (χ2n) is 5.18. The Kier molecular flexibility index (Phi) is 3.82. The van der Waals surface area contributed by atoms with Crippen molar-refractivity contribution in [2.24, 2.45) is 5.92 Å². The molecule has 1 aromatic heterocycles. The summed E-state index contributed by atoms with van der Waals surface area (Å²) in [6.07, 6.45) is 6.41. The van der Waals surface area contributed by atoms with E-state index in [0.717, 1.165) is 17.6 Å². The summed E-state index contributed by atoms with van der Waals surface area (Å²) in [4.78, 5) is 8.46. The van der Waals surface area contributed by atoms with Crippen LogP contribution in [0.15, 0.2) is 6.07 Å². The monoisotopic (exact) mass is 234 g/mol. The first kappa shape index (κ1) is 12.1. The van der Waals surface area contributed by atoms with Gasteiger partial charge in [0.25, 0.3) is 0 Å². The number of aromatic nitrogens is 2. The fourth-order valence-corrected chi connectivity index (χ4v) is 2.51. The molecule has 1 fully saturated rings. The minimum atomic E-state index is 0.536. The summed E-state index contributed by atoms with van der Waals surface area (Å²) in [6, 6.07) is 2.36. The lowest BCUT2D eigenvalue weighted by Gasteiger charge is -2.17. The molecule has 17 heavy (non-hydrogen) atoms. The largest absolute Gasteiger partial charge is 0.384 e. The molecule has 0 aromatic carbocycles. The molecule has 0 amide bonds. The van der Waals surface area contributed by atoms with Crippen molar-refractivity contribution < 1.29 is 0 Å². The summed E-state index contributed by atoms with van der Waals surface area (Å²) in [5.41, 5.74) is 5.73. The summed E-state index contributed by atoms with van der Waals surface area (Å²) in [5, 5.41) is 3.49. The van der Waals surface area contributed by atoms with Crippen molar-refractivity contribution in [1.29, 1.82) is 0 Å². The number of rotatable bonds is 2. The van der Waals surface area contributed by atoms with E-state index in [1.54, 1.807) is 0 Å². The van der Waals surface area contributed by atoms with E-state index < -0.39 is 0 Å². The number of nitrogen functional groups attached to an aromatic ring is 1. The van der Waals surface area contributed by atoms with Gasteiger partial charge in [0.15, 0.2) is 0 Å². The molecule has 2 rings (SSSR count). The van der Waals surface area contributed by atoms with Gasteiger partial charge in [-0.3, -0.25) is 0 Å². The van der Waals surface area contributed by atoms with Gasteiger partial charge in [0.1, 0.15) is 17.5 Å². The van der Waals surface area contributed by atoms with Crippen molar-refractivity contribution in [3.63, 3.8) is 0 Å². The van der Waals surface area contributed by atoms with Crippen LogP contribution in [-0.4, -0.2) is 16.0 Å². The molecular formula is C13H22N4. The Morgan fingerprint density at radius 2 is 2.06 bits per heavy atom. The van der Waals surface area contributed by atoms with E-state index in [1.807, 2.05) is 13.0 Å². The Bertz CT molecular complexity index is 357. The van der Waals surface area contributed by atoms with Gasteiger partial charge in [-0.05, 0) is 32.1 Å². The highest BCUT2D eigenvalue weighted by molar-refractivity contribution is 5.45. The molecule has 2 atom stereocenters. The third kappa shape index (κ3) is 3.58. The molecule has 1 aromatic rings. The van der Waals surface area contributed by atoms with Gasteiger partial charge >= 0.3 is 0 Å². The maximum atomic E-state index is 5.73. The van der Waals surface area contributed by atoms with Crippen molar-refractivity contribution >= 4 is 11.6 Å². The van der Waals surface area contributed by atoms with Crippen LogP contribution in [0.25, 0.3) is 0 Å². The van der Waals surface area contributed by atoms with Crippen molar-refractivity contribution in [2.75, 3.05) is 11.1 Å². The van der Waals surface area contributed by atoms with Crippen LogP contribution in [0.5, 0.6) is 0 Å². The van der Waals surface area contributed by atoms with Crippen molar-refractivity contribution in [1.82, 2.24) is 9.97 Å². The number of anilines is 2. The zero-order valence-corrected chi connectivity index (χ0v) is 10.7. The molecule has 0 aliphatic heterocycles. The Morgan fingerprint density at radius 3 is 2.82 bits per heavy atom. The molecule has 1 heterocycles. The van der Waals surface area contributed by atoms with E-state index in [4.69, 9.17) is 5.73 Å². The highest BCUT2D eigenvalue weighted by Crippen LogP contribution is 2.24. The average molecular weight is 234 g/mol. The normalized spacial score (nSPS) is 25.3. The molecule has 0 radical (unpaired) electrons. The first-order valence-electron chi connectivity index (χ1n) is 6.51. The van der Waals surface area contributed by atoms with Gasteiger partial charge in [0, 0.05) is 12.1 Å². The predicted octanol–water partition coefficient (Wildman–Crippen LogP) is 2.75. The van der Waals surface area contributed by atoms with Crippen molar-refractivity contribution in [3.8, 4) is 0 Å². The summed E-state index contributed by atoms with van der Waals surface area (Å²) < 4.78 is 0. The van der Waals surface area contributed by atoms with Crippen molar-refractivity contribution in [3.05, 3.63) is 11.9 Å². The van der Waals surface area contributed by atoms with Crippen LogP contribution in [0.2, 0.25) is 0 Å². The Morgan fingerprint density at radius 1 is 1.24 bits per heavy atom. The van der Waals surface area contributed by atoms with Gasteiger partial charge in [-0.15, -0.1) is 0 Å². The number of nitrogens with one attached hydrogen (secondary N) is 1. The first-order chi connectivity index (χ1) is 8.13. The van der Waals surface area contributed by atoms with Crippen LogP contribution in [0.3, 0.4) is 0 Å². The average Bonchev–Trinajstić information content (AvgIpc) is 2.42. The first-order valence-corrected chi connectivity index (χ1v) is 6.51. The van der Waals surface area contributed by atoms with Gasteiger partial charge < -0.3 is 11.1 Å². The van der Waals surface area contributed by atoms with Crippen LogP contribution in [0.1, 0.15) is 44.9 Å². The van der Waals surface area contributed by atoms with E-state index in [2.05, 4.69) is 22.2 Å². The molecule has 0 bridgehead atoms. The molecule has 3 N–H and O–H groups in total. The molecular weight excluding hydrogens is 212 g/mol. The van der Waals surface area contributed by atoms with E-state index in [-0.39, 0.29) is 0 Å². The number of aryl methyl sites for hydroxylation is 1. The summed E-state index contributed by atoms with van der Waals surface area (Å²) in [7, 11) is 0. The van der Waals surface area contributed by atoms with Gasteiger partial charge in [-0.2, -0.15) is 0 Å². The third-order valence-electron chi connectivity index (χ3n) is 3.47. The van der Waals surface area contributed by atoms with Crippen LogP contribution >= 0.6 is 0 Å². The van der Waals surface area contributed by atoms with E-state index in [9.17, 15) is 0 Å². The molecule has 2 unspecified atom stereocenters. The highest BCUT2D eigenvalue weighted by Gasteiger charge is 2.16. The number of hydrogen-bond donors (Lipinski definition) is 2. The number of nitrogens with two attached hydrogens (primary N) is 1. The van der Waals surface area contributed by atoms with Crippen LogP contribution in [-0.2, 0) is 0 Å². The quantitative estimate of drug-likeness (QED) is 0.772. The molecule has 0 saturated heterocycles. The second kappa shape index (κ2) is 5.34. The minimum Gasteiger partial charge on any atom is -0.384 e. The van der Waals surface area contributed by atoms with E-state index in [1.165, 1.54) is 32.1 Å². The van der Waals surface area contributed by atoms with E-state index in [0.29, 0.717) is 11.9 Å². The molecule has 0 spiro atoms. The molecule has 4 heteroatoms. The third-order valence-corrected chi connectivity index (χ3v) is 3.47. The molecule has 1 aliphatic carbocycles. The van der Waals surface area contributed by atoms with Crippen LogP contribution in [0.4, 0.5) is 11.6 Å². The summed E-state index contributed by atoms with van der Waals surface area (Å²) in [6.45, 7) is 4.21. The lowest BCUT2D eigenvalue weighted by molar-refractivity contribution is 0.502. The lowest BCUT2D eigenvalue weighted by Crippen LogP contribution is -2.19. The molecule has 94 valence electrons.